The van der Waals surface area contributed by atoms with E-state index >= 15 is 0 Å². The molecule has 0 aromatic heterocycles. The van der Waals surface area contributed by atoms with E-state index in [0.717, 1.165) is 22.0 Å². The van der Waals surface area contributed by atoms with E-state index in [0.29, 0.717) is 11.5 Å². The van der Waals surface area contributed by atoms with E-state index in [4.69, 9.17) is 9.47 Å². The third-order valence-electron chi connectivity index (χ3n) is 4.29. The fraction of sp³-hybridized carbons (Fsp3) is 0.143. The molecule has 0 spiro atoms. The van der Waals surface area contributed by atoms with Crippen LogP contribution in [-0.2, 0) is 4.79 Å². The zero-order valence-corrected chi connectivity index (χ0v) is 14.3. The summed E-state index contributed by atoms with van der Waals surface area (Å²) in [6.45, 7) is 1.99. The minimum absolute atomic E-state index is 0.150. The molecule has 0 aliphatic carbocycles. The molecule has 26 heavy (non-hydrogen) atoms. The number of nitrogens with one attached hydrogen (secondary N) is 1. The molecule has 1 amide bonds. The predicted octanol–water partition coefficient (Wildman–Crippen LogP) is 3.52. The number of carbonyl (C=O) groups is 1. The van der Waals surface area contributed by atoms with Crippen molar-refractivity contribution >= 4 is 22.4 Å². The maximum absolute atomic E-state index is 12.4. The third kappa shape index (κ3) is 3.24. The number of fused-ring (bicyclic) bond motifs is 2. The first-order valence-electron chi connectivity index (χ1n) is 8.42. The van der Waals surface area contributed by atoms with Crippen molar-refractivity contribution in [1.29, 1.82) is 0 Å². The average molecular weight is 346 g/mol. The zero-order chi connectivity index (χ0) is 17.9. The molecule has 5 heteroatoms. The van der Waals surface area contributed by atoms with Gasteiger partial charge in [0.2, 0.25) is 6.10 Å². The van der Waals surface area contributed by atoms with Crippen molar-refractivity contribution in [2.24, 2.45) is 5.10 Å². The van der Waals surface area contributed by atoms with E-state index in [1.54, 1.807) is 0 Å². The lowest BCUT2D eigenvalue weighted by Gasteiger charge is -2.25. The molecule has 0 saturated carbocycles. The summed E-state index contributed by atoms with van der Waals surface area (Å²) in [6, 6.07) is 21.4. The Morgan fingerprint density at radius 2 is 1.65 bits per heavy atom. The van der Waals surface area contributed by atoms with Gasteiger partial charge in [0.25, 0.3) is 5.91 Å². The van der Waals surface area contributed by atoms with Gasteiger partial charge in [0.1, 0.15) is 6.61 Å². The number of rotatable bonds is 3. The standard InChI is InChI=1S/C21H18N2O3/c1-14(15-7-3-2-4-8-15)22-23-21(24)20-13-25-18-11-16-9-5-6-10-17(16)12-19(18)26-20/h2-12,20H,13H2,1H3,(H,23,24)/b22-14-. The summed E-state index contributed by atoms with van der Waals surface area (Å²) in [7, 11) is 0. The van der Waals surface area contributed by atoms with Gasteiger partial charge in [-0.1, -0.05) is 54.6 Å². The van der Waals surface area contributed by atoms with E-state index in [1.807, 2.05) is 73.7 Å². The molecular formula is C21H18N2O3. The maximum atomic E-state index is 12.4. The average Bonchev–Trinajstić information content (AvgIpc) is 2.70. The number of amides is 1. The Morgan fingerprint density at radius 1 is 1.00 bits per heavy atom. The minimum atomic E-state index is -0.740. The fourth-order valence-corrected chi connectivity index (χ4v) is 2.84. The summed E-state index contributed by atoms with van der Waals surface area (Å²) in [5.41, 5.74) is 4.24. The highest BCUT2D eigenvalue weighted by molar-refractivity contribution is 5.99. The summed E-state index contributed by atoms with van der Waals surface area (Å²) < 4.78 is 11.6. The smallest absolute Gasteiger partial charge is 0.284 e. The number of hydrogen-bond donors (Lipinski definition) is 1. The number of nitrogens with zero attached hydrogens (tertiary/aromatic N) is 1. The monoisotopic (exact) mass is 346 g/mol. The van der Waals surface area contributed by atoms with Gasteiger partial charge in [-0.15, -0.1) is 0 Å². The van der Waals surface area contributed by atoms with Crippen LogP contribution in [0.4, 0.5) is 0 Å². The molecule has 0 bridgehead atoms. The Labute approximate surface area is 151 Å². The van der Waals surface area contributed by atoms with Crippen molar-refractivity contribution in [3.8, 4) is 11.5 Å². The molecule has 0 radical (unpaired) electrons. The highest BCUT2D eigenvalue weighted by Gasteiger charge is 2.27. The van der Waals surface area contributed by atoms with Crippen molar-refractivity contribution in [2.75, 3.05) is 6.61 Å². The molecule has 4 rings (SSSR count). The fourth-order valence-electron chi connectivity index (χ4n) is 2.84. The second-order valence-electron chi connectivity index (χ2n) is 6.10. The SMILES string of the molecule is C/C(=N/NC(=O)C1COc2cc3ccccc3cc2O1)c1ccccc1. The highest BCUT2D eigenvalue weighted by Crippen LogP contribution is 2.35. The molecule has 1 atom stereocenters. The van der Waals surface area contributed by atoms with Crippen LogP contribution in [0.25, 0.3) is 10.8 Å². The van der Waals surface area contributed by atoms with E-state index in [-0.39, 0.29) is 12.5 Å². The second kappa shape index (κ2) is 6.88. The number of ether oxygens (including phenoxy) is 2. The van der Waals surface area contributed by atoms with Crippen molar-refractivity contribution in [2.45, 2.75) is 13.0 Å². The van der Waals surface area contributed by atoms with Crippen LogP contribution in [0.15, 0.2) is 71.8 Å². The number of benzene rings is 3. The summed E-state index contributed by atoms with van der Waals surface area (Å²) in [5, 5.41) is 6.26. The first-order valence-corrected chi connectivity index (χ1v) is 8.42. The largest absolute Gasteiger partial charge is 0.485 e. The van der Waals surface area contributed by atoms with Crippen LogP contribution in [-0.4, -0.2) is 24.3 Å². The van der Waals surface area contributed by atoms with E-state index < -0.39 is 6.10 Å². The Bertz CT molecular complexity index is 983. The Balaban J connectivity index is 1.48. The molecule has 130 valence electrons. The van der Waals surface area contributed by atoms with Crippen LogP contribution in [0, 0.1) is 0 Å². The Kier molecular flexibility index (Phi) is 4.27. The summed E-state index contributed by atoms with van der Waals surface area (Å²) in [4.78, 5) is 12.4. The van der Waals surface area contributed by atoms with Crippen LogP contribution < -0.4 is 14.9 Å². The Hall–Kier alpha value is -3.34. The molecule has 0 fully saturated rings. The van der Waals surface area contributed by atoms with Gasteiger partial charge in [-0.05, 0) is 35.4 Å². The van der Waals surface area contributed by atoms with Crippen LogP contribution >= 0.6 is 0 Å². The van der Waals surface area contributed by atoms with Gasteiger partial charge < -0.3 is 9.47 Å². The maximum Gasteiger partial charge on any atom is 0.284 e. The number of carbonyl (C=O) groups excluding carboxylic acids is 1. The lowest BCUT2D eigenvalue weighted by molar-refractivity contribution is -0.130. The first-order chi connectivity index (χ1) is 12.7. The lowest BCUT2D eigenvalue weighted by Crippen LogP contribution is -2.42. The van der Waals surface area contributed by atoms with Gasteiger partial charge in [-0.25, -0.2) is 5.43 Å². The van der Waals surface area contributed by atoms with Gasteiger partial charge in [0.15, 0.2) is 11.5 Å². The van der Waals surface area contributed by atoms with Gasteiger partial charge in [-0.3, -0.25) is 4.79 Å². The molecule has 1 N–H and O–H groups in total. The van der Waals surface area contributed by atoms with Gasteiger partial charge >= 0.3 is 0 Å². The molecule has 0 saturated heterocycles. The zero-order valence-electron chi connectivity index (χ0n) is 14.3. The van der Waals surface area contributed by atoms with Crippen LogP contribution in [0.2, 0.25) is 0 Å². The summed E-state index contributed by atoms with van der Waals surface area (Å²) in [6.07, 6.45) is -0.740. The van der Waals surface area contributed by atoms with Crippen molar-refractivity contribution in [3.63, 3.8) is 0 Å². The van der Waals surface area contributed by atoms with E-state index in [9.17, 15) is 4.79 Å². The van der Waals surface area contributed by atoms with Gasteiger partial charge in [-0.2, -0.15) is 5.10 Å². The summed E-state index contributed by atoms with van der Waals surface area (Å²) in [5.74, 6) is 0.884. The minimum Gasteiger partial charge on any atom is -0.485 e. The van der Waals surface area contributed by atoms with Gasteiger partial charge in [0.05, 0.1) is 5.71 Å². The molecule has 1 aliphatic heterocycles. The predicted molar refractivity (Wildman–Crippen MR) is 101 cm³/mol. The third-order valence-corrected chi connectivity index (χ3v) is 4.29. The van der Waals surface area contributed by atoms with Crippen LogP contribution in [0.3, 0.4) is 0 Å². The molecule has 3 aromatic carbocycles. The van der Waals surface area contributed by atoms with Crippen LogP contribution in [0.5, 0.6) is 11.5 Å². The van der Waals surface area contributed by atoms with Gasteiger partial charge in [0, 0.05) is 0 Å². The highest BCUT2D eigenvalue weighted by atomic mass is 16.6. The summed E-state index contributed by atoms with van der Waals surface area (Å²) >= 11 is 0. The second-order valence-corrected chi connectivity index (χ2v) is 6.10. The Morgan fingerprint density at radius 3 is 2.38 bits per heavy atom. The molecule has 3 aromatic rings. The molecule has 5 nitrogen and oxygen atoms in total. The molecular weight excluding hydrogens is 328 g/mol. The van der Waals surface area contributed by atoms with Crippen molar-refractivity contribution < 1.29 is 14.3 Å². The quantitative estimate of drug-likeness (QED) is 0.583. The lowest BCUT2D eigenvalue weighted by atomic mass is 10.1. The van der Waals surface area contributed by atoms with Crippen molar-refractivity contribution in [3.05, 3.63) is 72.3 Å². The molecule has 1 unspecified atom stereocenters. The van der Waals surface area contributed by atoms with Crippen molar-refractivity contribution in [1.82, 2.24) is 5.43 Å². The number of hydrogen-bond acceptors (Lipinski definition) is 4. The van der Waals surface area contributed by atoms with Crippen LogP contribution in [0.1, 0.15) is 12.5 Å². The van der Waals surface area contributed by atoms with E-state index in [2.05, 4.69) is 10.5 Å². The number of hydrazone groups is 1. The van der Waals surface area contributed by atoms with E-state index in [1.165, 1.54) is 0 Å². The molecule has 1 aliphatic rings. The molecule has 1 heterocycles. The normalized spacial score (nSPS) is 16.3. The topological polar surface area (TPSA) is 59.9 Å². The first kappa shape index (κ1) is 16.1.